The molecule has 3 aromatic rings. The molecule has 1 heterocycles. The number of aromatic nitrogens is 2. The molecule has 8 heteroatoms. The van der Waals surface area contributed by atoms with E-state index < -0.39 is 4.92 Å². The maximum atomic E-state index is 12.9. The van der Waals surface area contributed by atoms with Gasteiger partial charge in [0.15, 0.2) is 0 Å². The average Bonchev–Trinajstić information content (AvgIpc) is 3.11. The lowest BCUT2D eigenvalue weighted by Gasteiger charge is -2.06. The van der Waals surface area contributed by atoms with Crippen LogP contribution in [0.3, 0.4) is 0 Å². The van der Waals surface area contributed by atoms with Crippen molar-refractivity contribution >= 4 is 11.6 Å². The first-order valence-corrected chi connectivity index (χ1v) is 7.35. The van der Waals surface area contributed by atoms with E-state index in [-0.39, 0.29) is 24.0 Å². The van der Waals surface area contributed by atoms with Crippen molar-refractivity contribution in [3.63, 3.8) is 0 Å². The van der Waals surface area contributed by atoms with Gasteiger partial charge in [0, 0.05) is 24.2 Å². The number of aromatic amines is 1. The first-order chi connectivity index (χ1) is 12.0. The number of carbonyl (C=O) groups excluding carboxylic acids is 1. The third-order valence-electron chi connectivity index (χ3n) is 3.62. The predicted molar refractivity (Wildman–Crippen MR) is 88.2 cm³/mol. The largest absolute Gasteiger partial charge is 0.348 e. The summed E-state index contributed by atoms with van der Waals surface area (Å²) in [5.41, 5.74) is 2.11. The topological polar surface area (TPSA) is 101 Å². The zero-order valence-electron chi connectivity index (χ0n) is 12.9. The maximum Gasteiger partial charge on any atom is 0.269 e. The second-order valence-electron chi connectivity index (χ2n) is 5.27. The molecule has 0 aliphatic heterocycles. The lowest BCUT2D eigenvalue weighted by atomic mass is 10.1. The summed E-state index contributed by atoms with van der Waals surface area (Å²) in [5.74, 6) is -0.697. The van der Waals surface area contributed by atoms with Crippen LogP contribution in [0.2, 0.25) is 0 Å². The predicted octanol–water partition coefficient (Wildman–Crippen LogP) is 3.05. The van der Waals surface area contributed by atoms with E-state index in [1.165, 1.54) is 30.5 Å². The minimum atomic E-state index is -0.493. The minimum absolute atomic E-state index is 0.0365. The molecule has 3 rings (SSSR count). The maximum absolute atomic E-state index is 12.9. The van der Waals surface area contributed by atoms with Gasteiger partial charge in [-0.15, -0.1) is 0 Å². The highest BCUT2D eigenvalue weighted by Gasteiger charge is 2.16. The summed E-state index contributed by atoms with van der Waals surface area (Å²) >= 11 is 0. The van der Waals surface area contributed by atoms with Crippen LogP contribution in [0.5, 0.6) is 0 Å². The van der Waals surface area contributed by atoms with Gasteiger partial charge in [0.2, 0.25) is 0 Å². The second kappa shape index (κ2) is 6.91. The normalized spacial score (nSPS) is 10.4. The van der Waals surface area contributed by atoms with Gasteiger partial charge in [-0.1, -0.05) is 12.1 Å². The third kappa shape index (κ3) is 3.69. The minimum Gasteiger partial charge on any atom is -0.348 e. The monoisotopic (exact) mass is 340 g/mol. The SMILES string of the molecule is O=C(NCc1ccc(F)cc1)c1cn[nH]c1-c1ccc([N+](=O)[O-])cc1. The number of halogens is 1. The standard InChI is InChI=1S/C17H13FN4O3/c18-13-5-1-11(2-6-13)9-19-17(23)15-10-20-21-16(15)12-3-7-14(8-4-12)22(24)25/h1-8,10H,9H2,(H,19,23)(H,20,21). The molecule has 1 aromatic heterocycles. The first-order valence-electron chi connectivity index (χ1n) is 7.35. The van der Waals surface area contributed by atoms with Gasteiger partial charge in [-0.05, 0) is 29.8 Å². The van der Waals surface area contributed by atoms with Crippen molar-refractivity contribution in [2.24, 2.45) is 0 Å². The van der Waals surface area contributed by atoms with Gasteiger partial charge in [0.25, 0.3) is 11.6 Å². The van der Waals surface area contributed by atoms with Crippen molar-refractivity contribution in [3.8, 4) is 11.3 Å². The van der Waals surface area contributed by atoms with Gasteiger partial charge in [0.1, 0.15) is 5.82 Å². The summed E-state index contributed by atoms with van der Waals surface area (Å²) in [5, 5.41) is 20.0. The number of nitro groups is 1. The average molecular weight is 340 g/mol. The Labute approximate surface area is 141 Å². The van der Waals surface area contributed by atoms with E-state index in [9.17, 15) is 19.3 Å². The van der Waals surface area contributed by atoms with Crippen LogP contribution >= 0.6 is 0 Å². The van der Waals surface area contributed by atoms with Gasteiger partial charge in [-0.3, -0.25) is 20.0 Å². The Morgan fingerprint density at radius 1 is 1.16 bits per heavy atom. The van der Waals surface area contributed by atoms with Crippen LogP contribution in [0.4, 0.5) is 10.1 Å². The zero-order valence-corrected chi connectivity index (χ0v) is 12.9. The number of nitro benzene ring substituents is 1. The molecule has 2 N–H and O–H groups in total. The summed E-state index contributed by atoms with van der Waals surface area (Å²) < 4.78 is 12.9. The fourth-order valence-electron chi connectivity index (χ4n) is 2.31. The summed E-state index contributed by atoms with van der Waals surface area (Å²) in [4.78, 5) is 22.6. The molecule has 25 heavy (non-hydrogen) atoms. The van der Waals surface area contributed by atoms with Crippen molar-refractivity contribution in [1.82, 2.24) is 15.5 Å². The molecule has 2 aromatic carbocycles. The van der Waals surface area contributed by atoms with Crippen molar-refractivity contribution in [3.05, 3.63) is 81.8 Å². The number of hydrogen-bond acceptors (Lipinski definition) is 4. The van der Waals surface area contributed by atoms with E-state index in [2.05, 4.69) is 15.5 Å². The van der Waals surface area contributed by atoms with Crippen LogP contribution in [0.15, 0.2) is 54.7 Å². The van der Waals surface area contributed by atoms with Crippen molar-refractivity contribution in [1.29, 1.82) is 0 Å². The van der Waals surface area contributed by atoms with Crippen LogP contribution in [-0.2, 0) is 6.54 Å². The molecular formula is C17H13FN4O3. The van der Waals surface area contributed by atoms with Gasteiger partial charge < -0.3 is 5.32 Å². The number of benzene rings is 2. The molecule has 0 radical (unpaired) electrons. The Balaban J connectivity index is 1.75. The van der Waals surface area contributed by atoms with E-state index in [0.717, 1.165) is 5.56 Å². The number of non-ortho nitro benzene ring substituents is 1. The van der Waals surface area contributed by atoms with Crippen LogP contribution in [-0.4, -0.2) is 21.0 Å². The summed E-state index contributed by atoms with van der Waals surface area (Å²) in [6.07, 6.45) is 1.39. The summed E-state index contributed by atoms with van der Waals surface area (Å²) in [6.45, 7) is 0.240. The van der Waals surface area contributed by atoms with Crippen molar-refractivity contribution < 1.29 is 14.1 Å². The molecule has 0 spiro atoms. The zero-order chi connectivity index (χ0) is 17.8. The lowest BCUT2D eigenvalue weighted by molar-refractivity contribution is -0.384. The lowest BCUT2D eigenvalue weighted by Crippen LogP contribution is -2.22. The van der Waals surface area contributed by atoms with E-state index in [0.29, 0.717) is 16.8 Å². The number of carbonyl (C=O) groups is 1. The van der Waals surface area contributed by atoms with Crippen LogP contribution in [0.1, 0.15) is 15.9 Å². The quantitative estimate of drug-likeness (QED) is 0.550. The highest BCUT2D eigenvalue weighted by Crippen LogP contribution is 2.23. The fraction of sp³-hybridized carbons (Fsp3) is 0.0588. The van der Waals surface area contributed by atoms with Crippen LogP contribution in [0.25, 0.3) is 11.3 Å². The van der Waals surface area contributed by atoms with Crippen molar-refractivity contribution in [2.45, 2.75) is 6.54 Å². The Kier molecular flexibility index (Phi) is 4.51. The van der Waals surface area contributed by atoms with E-state index >= 15 is 0 Å². The smallest absolute Gasteiger partial charge is 0.269 e. The van der Waals surface area contributed by atoms with E-state index in [4.69, 9.17) is 0 Å². The van der Waals surface area contributed by atoms with E-state index in [1.54, 1.807) is 24.3 Å². The molecule has 0 fully saturated rings. The number of nitrogens with zero attached hydrogens (tertiary/aromatic N) is 2. The van der Waals surface area contributed by atoms with Crippen LogP contribution < -0.4 is 5.32 Å². The van der Waals surface area contributed by atoms with Gasteiger partial charge >= 0.3 is 0 Å². The molecule has 0 bridgehead atoms. The number of amides is 1. The van der Waals surface area contributed by atoms with Gasteiger partial charge in [-0.25, -0.2) is 4.39 Å². The molecule has 0 unspecified atom stereocenters. The molecule has 1 amide bonds. The molecule has 0 saturated heterocycles. The number of rotatable bonds is 5. The number of nitrogens with one attached hydrogen (secondary N) is 2. The fourth-order valence-corrected chi connectivity index (χ4v) is 2.31. The molecule has 0 saturated carbocycles. The highest BCUT2D eigenvalue weighted by atomic mass is 19.1. The first kappa shape index (κ1) is 16.3. The molecule has 0 atom stereocenters. The van der Waals surface area contributed by atoms with Gasteiger partial charge in [-0.2, -0.15) is 5.10 Å². The van der Waals surface area contributed by atoms with Gasteiger partial charge in [0.05, 0.1) is 22.4 Å². The Hall–Kier alpha value is -3.55. The molecule has 126 valence electrons. The summed E-state index contributed by atoms with van der Waals surface area (Å²) in [6, 6.07) is 11.6. The Bertz CT molecular complexity index is 904. The second-order valence-corrected chi connectivity index (χ2v) is 5.27. The third-order valence-corrected chi connectivity index (χ3v) is 3.62. The van der Waals surface area contributed by atoms with Crippen LogP contribution in [0, 0.1) is 15.9 Å². The Morgan fingerprint density at radius 2 is 1.84 bits per heavy atom. The number of H-pyrrole nitrogens is 1. The molecular weight excluding hydrogens is 327 g/mol. The number of hydrogen-bond donors (Lipinski definition) is 2. The molecule has 0 aliphatic carbocycles. The van der Waals surface area contributed by atoms with E-state index in [1.807, 2.05) is 0 Å². The molecule has 0 aliphatic rings. The Morgan fingerprint density at radius 3 is 2.48 bits per heavy atom. The highest BCUT2D eigenvalue weighted by molar-refractivity contribution is 5.99. The van der Waals surface area contributed by atoms with Crippen molar-refractivity contribution in [2.75, 3.05) is 0 Å². The summed E-state index contributed by atoms with van der Waals surface area (Å²) in [7, 11) is 0. The molecule has 7 nitrogen and oxygen atoms in total.